The molecule has 1 atom stereocenters. The van der Waals surface area contributed by atoms with Gasteiger partial charge in [0.2, 0.25) is 0 Å². The van der Waals surface area contributed by atoms with Gasteiger partial charge in [0.05, 0.1) is 0 Å². The summed E-state index contributed by atoms with van der Waals surface area (Å²) in [5.74, 6) is 1.01. The molecule has 1 heteroatoms. The molecule has 0 aromatic rings. The standard InChI is InChI=1S/C17H35N/c1-5-14-18-16(17(2,3)4)13-12-15-10-8-6-7-9-11-15/h15-16,18H,5-14H2,1-4H3. The van der Waals surface area contributed by atoms with Gasteiger partial charge in [0.15, 0.2) is 0 Å². The van der Waals surface area contributed by atoms with E-state index in [9.17, 15) is 0 Å². The highest BCUT2D eigenvalue weighted by molar-refractivity contribution is 4.81. The lowest BCUT2D eigenvalue weighted by atomic mass is 9.81. The molecule has 1 nitrogen and oxygen atoms in total. The van der Waals surface area contributed by atoms with Crippen LogP contribution in [0.4, 0.5) is 0 Å². The summed E-state index contributed by atoms with van der Waals surface area (Å²) in [5, 5.41) is 3.76. The van der Waals surface area contributed by atoms with E-state index in [1.54, 1.807) is 0 Å². The monoisotopic (exact) mass is 253 g/mol. The van der Waals surface area contributed by atoms with E-state index in [0.29, 0.717) is 11.5 Å². The van der Waals surface area contributed by atoms with Gasteiger partial charge in [0, 0.05) is 6.04 Å². The third kappa shape index (κ3) is 6.22. The highest BCUT2D eigenvalue weighted by Gasteiger charge is 2.24. The second-order valence-corrected chi connectivity index (χ2v) is 7.31. The molecule has 0 spiro atoms. The Hall–Kier alpha value is -0.0400. The van der Waals surface area contributed by atoms with Gasteiger partial charge in [-0.3, -0.25) is 0 Å². The fraction of sp³-hybridized carbons (Fsp3) is 1.00. The molecule has 0 saturated heterocycles. The normalized spacial score (nSPS) is 20.7. The Kier molecular flexibility index (Phi) is 7.29. The van der Waals surface area contributed by atoms with E-state index in [2.05, 4.69) is 33.0 Å². The molecule has 0 amide bonds. The summed E-state index contributed by atoms with van der Waals surface area (Å²) < 4.78 is 0. The van der Waals surface area contributed by atoms with Gasteiger partial charge in [0.1, 0.15) is 0 Å². The number of hydrogen-bond acceptors (Lipinski definition) is 1. The molecule has 0 aliphatic heterocycles. The fourth-order valence-electron chi connectivity index (χ4n) is 3.21. The minimum absolute atomic E-state index is 0.403. The summed E-state index contributed by atoms with van der Waals surface area (Å²) in [5.41, 5.74) is 0.403. The van der Waals surface area contributed by atoms with Gasteiger partial charge in [0.25, 0.3) is 0 Å². The fourth-order valence-corrected chi connectivity index (χ4v) is 3.21. The maximum absolute atomic E-state index is 3.76. The van der Waals surface area contributed by atoms with Crippen molar-refractivity contribution in [3.63, 3.8) is 0 Å². The van der Waals surface area contributed by atoms with Gasteiger partial charge in [-0.15, -0.1) is 0 Å². The van der Waals surface area contributed by atoms with Crippen molar-refractivity contribution >= 4 is 0 Å². The summed E-state index contributed by atoms with van der Waals surface area (Å²) in [4.78, 5) is 0. The predicted molar refractivity (Wildman–Crippen MR) is 82.0 cm³/mol. The highest BCUT2D eigenvalue weighted by Crippen LogP contribution is 2.30. The zero-order valence-corrected chi connectivity index (χ0v) is 13.2. The minimum Gasteiger partial charge on any atom is -0.313 e. The van der Waals surface area contributed by atoms with Crippen LogP contribution in [0.25, 0.3) is 0 Å². The Balaban J connectivity index is 2.35. The van der Waals surface area contributed by atoms with Crippen molar-refractivity contribution in [2.75, 3.05) is 6.54 Å². The van der Waals surface area contributed by atoms with Crippen LogP contribution < -0.4 is 5.32 Å². The molecule has 1 saturated carbocycles. The Labute approximate surface area is 115 Å². The molecule has 1 N–H and O–H groups in total. The number of nitrogens with one attached hydrogen (secondary N) is 1. The SMILES string of the molecule is CCCNC(CCC1CCCCCC1)C(C)(C)C. The van der Waals surface area contributed by atoms with Crippen LogP contribution in [0.5, 0.6) is 0 Å². The number of hydrogen-bond donors (Lipinski definition) is 1. The average molecular weight is 253 g/mol. The van der Waals surface area contributed by atoms with Crippen molar-refractivity contribution in [2.24, 2.45) is 11.3 Å². The molecular weight excluding hydrogens is 218 g/mol. The lowest BCUT2D eigenvalue weighted by molar-refractivity contribution is 0.235. The van der Waals surface area contributed by atoms with Crippen LogP contribution >= 0.6 is 0 Å². The summed E-state index contributed by atoms with van der Waals surface area (Å²) in [6, 6.07) is 0.695. The first-order valence-electron chi connectivity index (χ1n) is 8.27. The second kappa shape index (κ2) is 8.19. The Morgan fingerprint density at radius 3 is 2.17 bits per heavy atom. The molecule has 1 aliphatic carbocycles. The molecule has 0 aromatic heterocycles. The van der Waals surface area contributed by atoms with Gasteiger partial charge in [-0.2, -0.15) is 0 Å². The van der Waals surface area contributed by atoms with Gasteiger partial charge in [-0.05, 0) is 37.1 Å². The first-order valence-corrected chi connectivity index (χ1v) is 8.27. The molecule has 1 unspecified atom stereocenters. The van der Waals surface area contributed by atoms with E-state index in [1.807, 2.05) is 0 Å². The smallest absolute Gasteiger partial charge is 0.0116 e. The Morgan fingerprint density at radius 2 is 1.67 bits per heavy atom. The maximum atomic E-state index is 3.76. The molecule has 0 bridgehead atoms. The minimum atomic E-state index is 0.403. The number of rotatable bonds is 6. The summed E-state index contributed by atoms with van der Waals surface area (Å²) in [6.07, 6.45) is 13.0. The molecule has 0 radical (unpaired) electrons. The van der Waals surface area contributed by atoms with E-state index in [-0.39, 0.29) is 0 Å². The largest absolute Gasteiger partial charge is 0.313 e. The van der Waals surface area contributed by atoms with Crippen molar-refractivity contribution in [1.29, 1.82) is 0 Å². The van der Waals surface area contributed by atoms with E-state index in [0.717, 1.165) is 5.92 Å². The summed E-state index contributed by atoms with van der Waals surface area (Å²) in [6.45, 7) is 10.6. The third-order valence-electron chi connectivity index (χ3n) is 4.52. The van der Waals surface area contributed by atoms with E-state index in [4.69, 9.17) is 0 Å². The third-order valence-corrected chi connectivity index (χ3v) is 4.52. The van der Waals surface area contributed by atoms with Gasteiger partial charge >= 0.3 is 0 Å². The van der Waals surface area contributed by atoms with E-state index < -0.39 is 0 Å². The molecule has 108 valence electrons. The van der Waals surface area contributed by atoms with Gasteiger partial charge in [-0.25, -0.2) is 0 Å². The Morgan fingerprint density at radius 1 is 1.06 bits per heavy atom. The van der Waals surface area contributed by atoms with Crippen molar-refractivity contribution in [1.82, 2.24) is 5.32 Å². The quantitative estimate of drug-likeness (QED) is 0.645. The molecule has 0 aromatic carbocycles. The lowest BCUT2D eigenvalue weighted by Gasteiger charge is -2.33. The zero-order chi connectivity index (χ0) is 13.4. The zero-order valence-electron chi connectivity index (χ0n) is 13.2. The average Bonchev–Trinajstić information content (AvgIpc) is 2.56. The molecular formula is C17H35N. The van der Waals surface area contributed by atoms with Crippen LogP contribution in [0, 0.1) is 11.3 Å². The molecule has 0 heterocycles. The second-order valence-electron chi connectivity index (χ2n) is 7.31. The Bertz CT molecular complexity index is 196. The van der Waals surface area contributed by atoms with Crippen molar-refractivity contribution in [3.8, 4) is 0 Å². The molecule has 1 aliphatic rings. The molecule has 1 rings (SSSR count). The molecule has 18 heavy (non-hydrogen) atoms. The van der Waals surface area contributed by atoms with Crippen LogP contribution in [0.2, 0.25) is 0 Å². The van der Waals surface area contributed by atoms with Crippen LogP contribution in [0.15, 0.2) is 0 Å². The first-order chi connectivity index (χ1) is 8.54. The highest BCUT2D eigenvalue weighted by atomic mass is 14.9. The van der Waals surface area contributed by atoms with E-state index in [1.165, 1.54) is 64.3 Å². The van der Waals surface area contributed by atoms with Crippen molar-refractivity contribution in [3.05, 3.63) is 0 Å². The first kappa shape index (κ1) is 16.0. The van der Waals surface area contributed by atoms with Crippen LogP contribution in [0.3, 0.4) is 0 Å². The van der Waals surface area contributed by atoms with Crippen LogP contribution in [0.1, 0.15) is 85.5 Å². The predicted octanol–water partition coefficient (Wildman–Crippen LogP) is 5.15. The van der Waals surface area contributed by atoms with Crippen LogP contribution in [-0.2, 0) is 0 Å². The van der Waals surface area contributed by atoms with Crippen molar-refractivity contribution < 1.29 is 0 Å². The van der Waals surface area contributed by atoms with Gasteiger partial charge in [-0.1, -0.05) is 66.2 Å². The molecule has 1 fully saturated rings. The maximum Gasteiger partial charge on any atom is 0.0116 e. The summed E-state index contributed by atoms with van der Waals surface area (Å²) in [7, 11) is 0. The summed E-state index contributed by atoms with van der Waals surface area (Å²) >= 11 is 0. The van der Waals surface area contributed by atoms with E-state index >= 15 is 0 Å². The van der Waals surface area contributed by atoms with Crippen molar-refractivity contribution in [2.45, 2.75) is 91.5 Å². The lowest BCUT2D eigenvalue weighted by Crippen LogP contribution is -2.40. The van der Waals surface area contributed by atoms with Crippen LogP contribution in [-0.4, -0.2) is 12.6 Å². The topological polar surface area (TPSA) is 12.0 Å². The van der Waals surface area contributed by atoms with Gasteiger partial charge < -0.3 is 5.32 Å².